The number of rotatable bonds is 8. The molecule has 0 heterocycles. The van der Waals surface area contributed by atoms with Crippen LogP contribution in [0.15, 0.2) is 29.2 Å². The minimum atomic E-state index is -3.72. The van der Waals surface area contributed by atoms with Crippen molar-refractivity contribution in [3.63, 3.8) is 0 Å². The first-order chi connectivity index (χ1) is 9.68. The predicted octanol–water partition coefficient (Wildman–Crippen LogP) is 2.70. The maximum absolute atomic E-state index is 12.4. The van der Waals surface area contributed by atoms with Crippen LogP contribution in [-0.4, -0.2) is 26.7 Å². The summed E-state index contributed by atoms with van der Waals surface area (Å²) in [6.07, 6.45) is -1.35. The molecule has 2 N–H and O–H groups in total. The zero-order valence-electron chi connectivity index (χ0n) is 12.1. The third kappa shape index (κ3) is 5.68. The molecular weight excluding hydrogens is 300 g/mol. The van der Waals surface area contributed by atoms with Crippen LogP contribution in [0, 0.1) is 5.41 Å². The molecule has 0 saturated heterocycles. The fourth-order valence-corrected chi connectivity index (χ4v) is 3.05. The van der Waals surface area contributed by atoms with Crippen LogP contribution < -0.4 is 4.72 Å². The molecule has 0 aliphatic heterocycles. The van der Waals surface area contributed by atoms with Gasteiger partial charge in [-0.05, 0) is 30.4 Å². The number of nitrogens with one attached hydrogen (secondary N) is 1. The molecule has 1 rings (SSSR count). The van der Waals surface area contributed by atoms with Crippen LogP contribution in [0.2, 0.25) is 0 Å². The van der Waals surface area contributed by atoms with E-state index < -0.39 is 16.4 Å². The summed E-state index contributed by atoms with van der Waals surface area (Å²) in [5.41, 5.74) is -0.504. The van der Waals surface area contributed by atoms with Crippen molar-refractivity contribution in [2.45, 2.75) is 38.0 Å². The van der Waals surface area contributed by atoms with Gasteiger partial charge in [-0.2, -0.15) is 0 Å². The molecule has 0 radical (unpaired) electrons. The Kier molecular flexibility index (Phi) is 6.24. The first kappa shape index (κ1) is 18.0. The largest absolute Gasteiger partial charge is 0.396 e. The van der Waals surface area contributed by atoms with E-state index in [-0.39, 0.29) is 29.0 Å². The molecule has 0 unspecified atom stereocenters. The molecule has 120 valence electrons. The predicted molar refractivity (Wildman–Crippen MR) is 76.7 cm³/mol. The lowest BCUT2D eigenvalue weighted by Gasteiger charge is -2.24. The van der Waals surface area contributed by atoms with Crippen LogP contribution in [0.5, 0.6) is 0 Å². The van der Waals surface area contributed by atoms with E-state index >= 15 is 0 Å². The van der Waals surface area contributed by atoms with Gasteiger partial charge in [-0.3, -0.25) is 0 Å². The van der Waals surface area contributed by atoms with Crippen molar-refractivity contribution in [1.29, 1.82) is 0 Å². The van der Waals surface area contributed by atoms with Gasteiger partial charge >= 0.3 is 0 Å². The molecule has 21 heavy (non-hydrogen) atoms. The highest BCUT2D eigenvalue weighted by Gasteiger charge is 2.22. The van der Waals surface area contributed by atoms with E-state index in [2.05, 4.69) is 4.72 Å². The Morgan fingerprint density at radius 2 is 1.81 bits per heavy atom. The maximum Gasteiger partial charge on any atom is 0.263 e. The molecule has 0 atom stereocenters. The highest BCUT2D eigenvalue weighted by atomic mass is 32.2. The van der Waals surface area contributed by atoms with E-state index in [1.807, 2.05) is 13.8 Å². The molecular formula is C14H21F2NO3S. The number of hydrogen-bond acceptors (Lipinski definition) is 3. The highest BCUT2D eigenvalue weighted by Crippen LogP contribution is 2.23. The highest BCUT2D eigenvalue weighted by molar-refractivity contribution is 7.89. The molecule has 0 amide bonds. The quantitative estimate of drug-likeness (QED) is 0.773. The summed E-state index contributed by atoms with van der Waals surface area (Å²) in [5.74, 6) is 0. The summed E-state index contributed by atoms with van der Waals surface area (Å²) in [6.45, 7) is 4.06. The molecule has 1 aromatic rings. The Hall–Kier alpha value is -1.05. The molecule has 0 aliphatic rings. The second-order valence-electron chi connectivity index (χ2n) is 5.69. The third-order valence-electron chi connectivity index (χ3n) is 3.19. The molecule has 0 aliphatic carbocycles. The number of sulfonamides is 1. The number of aliphatic hydroxyl groups is 1. The summed E-state index contributed by atoms with van der Waals surface area (Å²) in [4.78, 5) is -0.0372. The monoisotopic (exact) mass is 321 g/mol. The van der Waals surface area contributed by atoms with Crippen molar-refractivity contribution in [3.05, 3.63) is 29.8 Å². The standard InChI is InChI=1S/C14H21F2NO3S/c1-14(2,8-3-9-18)10-17-21(19,20)12-6-4-11(5-7-12)13(15)16/h4-7,13,17-18H,3,8-10H2,1-2H3. The van der Waals surface area contributed by atoms with Crippen molar-refractivity contribution in [2.24, 2.45) is 5.41 Å². The molecule has 0 bridgehead atoms. The Bertz CT molecular complexity index is 542. The zero-order chi connectivity index (χ0) is 16.1. The van der Waals surface area contributed by atoms with Crippen LogP contribution in [0.25, 0.3) is 0 Å². The van der Waals surface area contributed by atoms with Gasteiger partial charge in [-0.1, -0.05) is 26.0 Å². The first-order valence-electron chi connectivity index (χ1n) is 6.66. The Morgan fingerprint density at radius 1 is 1.24 bits per heavy atom. The van der Waals surface area contributed by atoms with Crippen LogP contribution >= 0.6 is 0 Å². The Balaban J connectivity index is 2.73. The van der Waals surface area contributed by atoms with Gasteiger partial charge in [0.1, 0.15) is 0 Å². The van der Waals surface area contributed by atoms with Crippen molar-refractivity contribution in [1.82, 2.24) is 4.72 Å². The molecule has 4 nitrogen and oxygen atoms in total. The van der Waals surface area contributed by atoms with Crippen LogP contribution in [0.1, 0.15) is 38.7 Å². The van der Waals surface area contributed by atoms with E-state index in [9.17, 15) is 17.2 Å². The second kappa shape index (κ2) is 7.29. The van der Waals surface area contributed by atoms with Gasteiger partial charge < -0.3 is 5.11 Å². The van der Waals surface area contributed by atoms with Gasteiger partial charge in [0.25, 0.3) is 6.43 Å². The zero-order valence-corrected chi connectivity index (χ0v) is 13.0. The molecule has 0 aromatic heterocycles. The van der Waals surface area contributed by atoms with Crippen LogP contribution in [0.3, 0.4) is 0 Å². The smallest absolute Gasteiger partial charge is 0.263 e. The van der Waals surface area contributed by atoms with Gasteiger partial charge in [0.15, 0.2) is 0 Å². The first-order valence-corrected chi connectivity index (χ1v) is 8.15. The summed E-state index contributed by atoms with van der Waals surface area (Å²) in [5, 5.41) is 8.81. The van der Waals surface area contributed by atoms with Crippen molar-refractivity contribution < 1.29 is 22.3 Å². The molecule has 0 spiro atoms. The van der Waals surface area contributed by atoms with E-state index in [0.29, 0.717) is 12.8 Å². The van der Waals surface area contributed by atoms with Gasteiger partial charge in [0.2, 0.25) is 10.0 Å². The van der Waals surface area contributed by atoms with Crippen LogP contribution in [0.4, 0.5) is 8.78 Å². The fraction of sp³-hybridized carbons (Fsp3) is 0.571. The van der Waals surface area contributed by atoms with E-state index in [1.165, 1.54) is 12.1 Å². The molecule has 1 aromatic carbocycles. The lowest BCUT2D eigenvalue weighted by Crippen LogP contribution is -2.34. The SMILES string of the molecule is CC(C)(CCCO)CNS(=O)(=O)c1ccc(C(F)F)cc1. The van der Waals surface area contributed by atoms with Gasteiger partial charge in [0.05, 0.1) is 4.90 Å². The Morgan fingerprint density at radius 3 is 2.29 bits per heavy atom. The minimum absolute atomic E-state index is 0.0372. The number of benzene rings is 1. The van der Waals surface area contributed by atoms with Crippen molar-refractivity contribution in [2.75, 3.05) is 13.2 Å². The lowest BCUT2D eigenvalue weighted by atomic mass is 9.88. The average molecular weight is 321 g/mol. The number of alkyl halides is 2. The maximum atomic E-state index is 12.4. The summed E-state index contributed by atoms with van der Waals surface area (Å²) >= 11 is 0. The lowest BCUT2D eigenvalue weighted by molar-refractivity contribution is 0.151. The number of aliphatic hydroxyl groups excluding tert-OH is 1. The Labute approximate surface area is 124 Å². The van der Waals surface area contributed by atoms with Crippen LogP contribution in [-0.2, 0) is 10.0 Å². The molecule has 0 saturated carbocycles. The topological polar surface area (TPSA) is 66.4 Å². The van der Waals surface area contributed by atoms with Gasteiger partial charge in [-0.15, -0.1) is 0 Å². The van der Waals surface area contributed by atoms with Gasteiger partial charge in [-0.25, -0.2) is 21.9 Å². The number of hydrogen-bond donors (Lipinski definition) is 2. The molecule has 0 fully saturated rings. The minimum Gasteiger partial charge on any atom is -0.396 e. The van der Waals surface area contributed by atoms with Gasteiger partial charge in [0, 0.05) is 18.7 Å². The normalized spacial score (nSPS) is 12.9. The fourth-order valence-electron chi connectivity index (χ4n) is 1.81. The third-order valence-corrected chi connectivity index (χ3v) is 4.61. The van der Waals surface area contributed by atoms with Crippen molar-refractivity contribution in [3.8, 4) is 0 Å². The summed E-state index contributed by atoms with van der Waals surface area (Å²) in [6, 6.07) is 4.56. The van der Waals surface area contributed by atoms with Crippen molar-refractivity contribution >= 4 is 10.0 Å². The summed E-state index contributed by atoms with van der Waals surface area (Å²) < 4.78 is 51.5. The molecule has 7 heteroatoms. The average Bonchev–Trinajstić information content (AvgIpc) is 2.43. The van der Waals surface area contributed by atoms with E-state index in [4.69, 9.17) is 5.11 Å². The second-order valence-corrected chi connectivity index (χ2v) is 7.45. The van der Waals surface area contributed by atoms with E-state index in [0.717, 1.165) is 12.1 Å². The summed E-state index contributed by atoms with van der Waals surface area (Å²) in [7, 11) is -3.72. The van der Waals surface area contributed by atoms with E-state index in [1.54, 1.807) is 0 Å². The number of halogens is 2.